The minimum Gasteiger partial charge on any atom is -0.350 e. The van der Waals surface area contributed by atoms with Gasteiger partial charge in [0.1, 0.15) is 17.9 Å². The Morgan fingerprint density at radius 3 is 2.79 bits per heavy atom. The molecular formula is C17H21F3N6O3. The first-order valence-corrected chi connectivity index (χ1v) is 9.15. The fourth-order valence-electron chi connectivity index (χ4n) is 3.22. The molecule has 0 saturated carbocycles. The summed E-state index contributed by atoms with van der Waals surface area (Å²) in [7, 11) is 0. The Hall–Kier alpha value is -2.92. The Labute approximate surface area is 164 Å². The monoisotopic (exact) mass is 414 g/mol. The maximum absolute atomic E-state index is 12.6. The van der Waals surface area contributed by atoms with Gasteiger partial charge in [-0.1, -0.05) is 10.3 Å². The lowest BCUT2D eigenvalue weighted by atomic mass is 9.94. The molecule has 2 aromatic rings. The van der Waals surface area contributed by atoms with E-state index in [1.54, 1.807) is 11.8 Å². The number of rotatable bonds is 6. The number of alkyl halides is 3. The average Bonchev–Trinajstić information content (AvgIpc) is 3.29. The summed E-state index contributed by atoms with van der Waals surface area (Å²) < 4.78 is 43.4. The van der Waals surface area contributed by atoms with E-state index in [1.807, 2.05) is 0 Å². The largest absolute Gasteiger partial charge is 0.435 e. The highest BCUT2D eigenvalue weighted by molar-refractivity contribution is 5.77. The van der Waals surface area contributed by atoms with E-state index >= 15 is 0 Å². The van der Waals surface area contributed by atoms with Gasteiger partial charge in [0.2, 0.25) is 11.8 Å². The van der Waals surface area contributed by atoms with E-state index in [-0.39, 0.29) is 37.2 Å². The molecule has 0 aromatic carbocycles. The number of hydrogen-bond donors (Lipinski definition) is 1. The lowest BCUT2D eigenvalue weighted by Crippen LogP contribution is -2.42. The minimum absolute atomic E-state index is 0.0208. The first-order valence-electron chi connectivity index (χ1n) is 9.15. The number of hydrogen-bond acceptors (Lipinski definition) is 6. The predicted octanol–water partition coefficient (Wildman–Crippen LogP) is 1.54. The summed E-state index contributed by atoms with van der Waals surface area (Å²) >= 11 is 0. The van der Waals surface area contributed by atoms with E-state index in [9.17, 15) is 22.8 Å². The third-order valence-electron chi connectivity index (χ3n) is 4.77. The molecule has 3 rings (SSSR count). The zero-order chi connectivity index (χ0) is 21.0. The third-order valence-corrected chi connectivity index (χ3v) is 4.77. The topological polar surface area (TPSA) is 106 Å². The smallest absolute Gasteiger partial charge is 0.350 e. The molecule has 0 bridgehead atoms. The fourth-order valence-corrected chi connectivity index (χ4v) is 3.22. The van der Waals surface area contributed by atoms with Gasteiger partial charge in [0.05, 0.1) is 6.54 Å². The number of aromatic nitrogens is 4. The van der Waals surface area contributed by atoms with Crippen LogP contribution in [0.5, 0.6) is 0 Å². The summed E-state index contributed by atoms with van der Waals surface area (Å²) in [6, 6.07) is 0.836. The maximum Gasteiger partial charge on any atom is 0.435 e. The molecule has 2 aromatic heterocycles. The standard InChI is InChI=1S/C17H21F3N6O3/c1-11-13(24-29-23-11)8-21-15(27)7-12-3-2-5-25(9-12)16(28)10-26-6-4-14(22-26)17(18,19)20/h4,6,12H,2-3,5,7-10H2,1H3,(H,21,27). The van der Waals surface area contributed by atoms with Crippen LogP contribution >= 0.6 is 0 Å². The van der Waals surface area contributed by atoms with Crippen molar-refractivity contribution in [1.82, 2.24) is 30.3 Å². The Morgan fingerprint density at radius 1 is 1.34 bits per heavy atom. The van der Waals surface area contributed by atoms with E-state index in [0.29, 0.717) is 24.5 Å². The van der Waals surface area contributed by atoms with E-state index in [4.69, 9.17) is 0 Å². The number of nitrogens with one attached hydrogen (secondary N) is 1. The van der Waals surface area contributed by atoms with Crippen molar-refractivity contribution in [1.29, 1.82) is 0 Å². The van der Waals surface area contributed by atoms with Gasteiger partial charge in [-0.15, -0.1) is 0 Å². The molecule has 1 fully saturated rings. The summed E-state index contributed by atoms with van der Waals surface area (Å²) in [6.45, 7) is 2.55. The van der Waals surface area contributed by atoms with Gasteiger partial charge in [0.25, 0.3) is 0 Å². The molecule has 1 N–H and O–H groups in total. The van der Waals surface area contributed by atoms with Crippen LogP contribution in [0.15, 0.2) is 16.9 Å². The first-order chi connectivity index (χ1) is 13.7. The van der Waals surface area contributed by atoms with Crippen LogP contribution in [0.1, 0.15) is 36.3 Å². The molecule has 1 aliphatic heterocycles. The van der Waals surface area contributed by atoms with Gasteiger partial charge in [-0.05, 0) is 31.7 Å². The minimum atomic E-state index is -4.54. The fraction of sp³-hybridized carbons (Fsp3) is 0.588. The molecule has 0 radical (unpaired) electrons. The highest BCUT2D eigenvalue weighted by atomic mass is 19.4. The van der Waals surface area contributed by atoms with Crippen molar-refractivity contribution in [2.24, 2.45) is 5.92 Å². The van der Waals surface area contributed by atoms with Crippen molar-refractivity contribution >= 4 is 11.8 Å². The molecule has 1 unspecified atom stereocenters. The zero-order valence-corrected chi connectivity index (χ0v) is 15.8. The van der Waals surface area contributed by atoms with Gasteiger partial charge in [-0.2, -0.15) is 18.3 Å². The second kappa shape index (κ2) is 8.62. The number of carbonyl (C=O) groups excluding carboxylic acids is 2. The van der Waals surface area contributed by atoms with Crippen molar-refractivity contribution in [3.05, 3.63) is 29.3 Å². The van der Waals surface area contributed by atoms with E-state index < -0.39 is 11.9 Å². The molecular weight excluding hydrogens is 393 g/mol. The van der Waals surface area contributed by atoms with Crippen LogP contribution in [0.2, 0.25) is 0 Å². The summed E-state index contributed by atoms with van der Waals surface area (Å²) in [5.41, 5.74) is 0.124. The number of piperidine rings is 1. The van der Waals surface area contributed by atoms with Crippen molar-refractivity contribution < 1.29 is 27.4 Å². The molecule has 0 spiro atoms. The Bertz CT molecular complexity index is 863. The van der Waals surface area contributed by atoms with Crippen molar-refractivity contribution in [2.45, 2.75) is 45.5 Å². The van der Waals surface area contributed by atoms with Gasteiger partial charge >= 0.3 is 6.18 Å². The summed E-state index contributed by atoms with van der Waals surface area (Å²) in [5, 5.41) is 13.5. The van der Waals surface area contributed by atoms with Gasteiger partial charge in [-0.3, -0.25) is 14.3 Å². The molecule has 29 heavy (non-hydrogen) atoms. The highest BCUT2D eigenvalue weighted by Crippen LogP contribution is 2.27. The summed E-state index contributed by atoms with van der Waals surface area (Å²) in [4.78, 5) is 26.2. The van der Waals surface area contributed by atoms with Crippen molar-refractivity contribution in [2.75, 3.05) is 13.1 Å². The van der Waals surface area contributed by atoms with Crippen LogP contribution in [0.4, 0.5) is 13.2 Å². The van der Waals surface area contributed by atoms with Crippen LogP contribution in [-0.2, 0) is 28.9 Å². The number of likely N-dealkylation sites (tertiary alicyclic amines) is 1. The van der Waals surface area contributed by atoms with E-state index in [2.05, 4.69) is 25.4 Å². The molecule has 3 heterocycles. The third kappa shape index (κ3) is 5.55. The summed E-state index contributed by atoms with van der Waals surface area (Å²) in [5.74, 6) is -0.516. The normalized spacial score (nSPS) is 17.4. The molecule has 1 aliphatic rings. The number of carbonyl (C=O) groups is 2. The molecule has 1 saturated heterocycles. The van der Waals surface area contributed by atoms with Crippen LogP contribution in [0, 0.1) is 12.8 Å². The predicted molar refractivity (Wildman–Crippen MR) is 92.0 cm³/mol. The van der Waals surface area contributed by atoms with Gasteiger partial charge in [0, 0.05) is 25.7 Å². The summed E-state index contributed by atoms with van der Waals surface area (Å²) in [6.07, 6.45) is -1.65. The number of halogens is 3. The molecule has 0 aliphatic carbocycles. The van der Waals surface area contributed by atoms with E-state index in [0.717, 1.165) is 29.8 Å². The van der Waals surface area contributed by atoms with Gasteiger partial charge in [-0.25, -0.2) is 4.63 Å². The van der Waals surface area contributed by atoms with Gasteiger partial charge < -0.3 is 10.2 Å². The quantitative estimate of drug-likeness (QED) is 0.769. The number of amides is 2. The lowest BCUT2D eigenvalue weighted by molar-refractivity contribution is -0.142. The Morgan fingerprint density at radius 2 is 2.14 bits per heavy atom. The number of nitrogens with zero attached hydrogens (tertiary/aromatic N) is 5. The van der Waals surface area contributed by atoms with Crippen LogP contribution in [0.25, 0.3) is 0 Å². The zero-order valence-electron chi connectivity index (χ0n) is 15.8. The molecule has 12 heteroatoms. The van der Waals surface area contributed by atoms with Crippen LogP contribution in [0.3, 0.4) is 0 Å². The Kier molecular flexibility index (Phi) is 6.18. The molecule has 158 valence electrons. The van der Waals surface area contributed by atoms with Gasteiger partial charge in [0.15, 0.2) is 5.69 Å². The van der Waals surface area contributed by atoms with Crippen LogP contribution < -0.4 is 5.32 Å². The first kappa shape index (κ1) is 20.8. The molecule has 9 nitrogen and oxygen atoms in total. The maximum atomic E-state index is 12.6. The van der Waals surface area contributed by atoms with Crippen molar-refractivity contribution in [3.8, 4) is 0 Å². The highest BCUT2D eigenvalue weighted by Gasteiger charge is 2.34. The Balaban J connectivity index is 1.48. The second-order valence-electron chi connectivity index (χ2n) is 7.02. The lowest BCUT2D eigenvalue weighted by Gasteiger charge is -2.32. The van der Waals surface area contributed by atoms with E-state index in [1.165, 1.54) is 0 Å². The SMILES string of the molecule is Cc1nonc1CNC(=O)CC1CCCN(C(=O)Cn2ccc(C(F)(F)F)n2)C1. The average molecular weight is 414 g/mol. The molecule has 1 atom stereocenters. The second-order valence-corrected chi connectivity index (χ2v) is 7.02. The molecule has 2 amide bonds. The van der Waals surface area contributed by atoms with Crippen molar-refractivity contribution in [3.63, 3.8) is 0 Å². The van der Waals surface area contributed by atoms with Crippen LogP contribution in [-0.4, -0.2) is 49.9 Å². The number of aryl methyl sites for hydroxylation is 1.